The van der Waals surface area contributed by atoms with Gasteiger partial charge in [0, 0.05) is 13.1 Å². The summed E-state index contributed by atoms with van der Waals surface area (Å²) in [5.41, 5.74) is 7.68. The zero-order valence-electron chi connectivity index (χ0n) is 8.73. The molecular formula is C11H16N2O2. The Hall–Kier alpha value is -1.39. The molecule has 0 amide bonds. The van der Waals surface area contributed by atoms with Gasteiger partial charge in [0.05, 0.1) is 0 Å². The molecule has 1 atom stereocenters. The second-order valence-corrected chi connectivity index (χ2v) is 3.56. The number of hydrogen-bond donors (Lipinski definition) is 3. The molecule has 0 saturated carbocycles. The van der Waals surface area contributed by atoms with E-state index < -0.39 is 12.0 Å². The van der Waals surface area contributed by atoms with Crippen molar-refractivity contribution >= 4 is 5.97 Å². The van der Waals surface area contributed by atoms with Crippen molar-refractivity contribution in [2.45, 2.75) is 19.5 Å². The highest BCUT2D eigenvalue weighted by Crippen LogP contribution is 2.02. The number of nitrogens with one attached hydrogen (secondary N) is 1. The van der Waals surface area contributed by atoms with Crippen molar-refractivity contribution in [3.05, 3.63) is 35.4 Å². The Kier molecular flexibility index (Phi) is 4.27. The van der Waals surface area contributed by atoms with E-state index >= 15 is 0 Å². The summed E-state index contributed by atoms with van der Waals surface area (Å²) >= 11 is 0. The maximum Gasteiger partial charge on any atom is 0.321 e. The molecule has 0 spiro atoms. The third-order valence-electron chi connectivity index (χ3n) is 2.13. The second kappa shape index (κ2) is 5.48. The fraction of sp³-hybridized carbons (Fsp3) is 0.364. The number of nitrogens with two attached hydrogens (primary N) is 1. The van der Waals surface area contributed by atoms with E-state index in [1.54, 1.807) is 0 Å². The van der Waals surface area contributed by atoms with Crippen molar-refractivity contribution in [2.75, 3.05) is 6.54 Å². The van der Waals surface area contributed by atoms with Crippen molar-refractivity contribution in [1.29, 1.82) is 0 Å². The molecule has 1 aromatic rings. The van der Waals surface area contributed by atoms with Gasteiger partial charge >= 0.3 is 5.97 Å². The van der Waals surface area contributed by atoms with Crippen LogP contribution in [0.25, 0.3) is 0 Å². The number of rotatable bonds is 5. The molecule has 0 heterocycles. The highest BCUT2D eigenvalue weighted by Gasteiger charge is 2.09. The Balaban J connectivity index is 2.32. The average Bonchev–Trinajstić information content (AvgIpc) is 2.20. The zero-order chi connectivity index (χ0) is 11.3. The molecular weight excluding hydrogens is 192 g/mol. The Morgan fingerprint density at radius 1 is 1.47 bits per heavy atom. The fourth-order valence-electron chi connectivity index (χ4n) is 1.17. The summed E-state index contributed by atoms with van der Waals surface area (Å²) in [5.74, 6) is -0.980. The fourth-order valence-corrected chi connectivity index (χ4v) is 1.17. The van der Waals surface area contributed by atoms with E-state index in [9.17, 15) is 4.79 Å². The van der Waals surface area contributed by atoms with E-state index in [4.69, 9.17) is 10.8 Å². The lowest BCUT2D eigenvalue weighted by Crippen LogP contribution is -2.40. The van der Waals surface area contributed by atoms with Gasteiger partial charge in [0.2, 0.25) is 0 Å². The summed E-state index contributed by atoms with van der Waals surface area (Å²) < 4.78 is 0. The first-order valence-corrected chi connectivity index (χ1v) is 4.84. The molecule has 1 aromatic carbocycles. The van der Waals surface area contributed by atoms with Gasteiger partial charge in [-0.3, -0.25) is 4.79 Å². The summed E-state index contributed by atoms with van der Waals surface area (Å²) in [6.45, 7) is 2.95. The first-order valence-electron chi connectivity index (χ1n) is 4.84. The Bertz CT molecular complexity index is 322. The molecule has 4 heteroatoms. The Labute approximate surface area is 89.1 Å². The maximum absolute atomic E-state index is 10.4. The molecule has 0 aliphatic carbocycles. The molecule has 0 aliphatic heterocycles. The largest absolute Gasteiger partial charge is 0.480 e. The van der Waals surface area contributed by atoms with Crippen molar-refractivity contribution in [3.8, 4) is 0 Å². The molecule has 0 saturated heterocycles. The van der Waals surface area contributed by atoms with E-state index in [-0.39, 0.29) is 6.54 Å². The normalized spacial score (nSPS) is 12.4. The molecule has 0 radical (unpaired) electrons. The lowest BCUT2D eigenvalue weighted by atomic mass is 10.1. The Morgan fingerprint density at radius 3 is 2.60 bits per heavy atom. The van der Waals surface area contributed by atoms with Crippen LogP contribution in [0.3, 0.4) is 0 Å². The third-order valence-corrected chi connectivity index (χ3v) is 2.13. The van der Waals surface area contributed by atoms with Crippen molar-refractivity contribution in [3.63, 3.8) is 0 Å². The van der Waals surface area contributed by atoms with Crippen LogP contribution in [0.1, 0.15) is 11.1 Å². The van der Waals surface area contributed by atoms with Gasteiger partial charge in [0.15, 0.2) is 0 Å². The highest BCUT2D eigenvalue weighted by atomic mass is 16.4. The summed E-state index contributed by atoms with van der Waals surface area (Å²) in [7, 11) is 0. The standard InChI is InChI=1S/C11H16N2O2/c1-8-2-4-9(5-3-8)6-13-7-10(12)11(14)15/h2-5,10,13H,6-7,12H2,1H3,(H,14,15). The lowest BCUT2D eigenvalue weighted by molar-refractivity contribution is -0.138. The molecule has 0 fully saturated rings. The minimum atomic E-state index is -0.980. The molecule has 4 N–H and O–H groups in total. The van der Waals surface area contributed by atoms with Crippen LogP contribution in [-0.4, -0.2) is 23.7 Å². The number of carboxylic acid groups (broad SMARTS) is 1. The molecule has 1 rings (SSSR count). The first kappa shape index (κ1) is 11.7. The first-order chi connectivity index (χ1) is 7.09. The molecule has 15 heavy (non-hydrogen) atoms. The van der Waals surface area contributed by atoms with Gasteiger partial charge in [-0.2, -0.15) is 0 Å². The smallest absolute Gasteiger partial charge is 0.321 e. The molecule has 0 aliphatic rings. The van der Waals surface area contributed by atoms with Gasteiger partial charge in [0.1, 0.15) is 6.04 Å². The van der Waals surface area contributed by atoms with Crippen LogP contribution in [0.2, 0.25) is 0 Å². The van der Waals surface area contributed by atoms with E-state index in [1.165, 1.54) is 5.56 Å². The SMILES string of the molecule is Cc1ccc(CNCC(N)C(=O)O)cc1. The number of hydrogen-bond acceptors (Lipinski definition) is 3. The van der Waals surface area contributed by atoms with Crippen LogP contribution in [0.15, 0.2) is 24.3 Å². The van der Waals surface area contributed by atoms with Gasteiger partial charge in [0.25, 0.3) is 0 Å². The van der Waals surface area contributed by atoms with Gasteiger partial charge < -0.3 is 16.2 Å². The second-order valence-electron chi connectivity index (χ2n) is 3.56. The third kappa shape index (κ3) is 4.10. The monoisotopic (exact) mass is 208 g/mol. The molecule has 4 nitrogen and oxygen atoms in total. The van der Waals surface area contributed by atoms with E-state index in [2.05, 4.69) is 5.32 Å². The minimum absolute atomic E-state index is 0.281. The number of aliphatic carboxylic acids is 1. The molecule has 82 valence electrons. The number of aryl methyl sites for hydroxylation is 1. The van der Waals surface area contributed by atoms with E-state index in [0.717, 1.165) is 5.56 Å². The number of carbonyl (C=O) groups is 1. The summed E-state index contributed by atoms with van der Waals surface area (Å²) in [5, 5.41) is 11.5. The van der Waals surface area contributed by atoms with Crippen LogP contribution in [-0.2, 0) is 11.3 Å². The number of carboxylic acids is 1. The zero-order valence-corrected chi connectivity index (χ0v) is 8.73. The van der Waals surface area contributed by atoms with Crippen LogP contribution in [0.5, 0.6) is 0 Å². The molecule has 0 aromatic heterocycles. The van der Waals surface area contributed by atoms with Crippen molar-refractivity contribution in [1.82, 2.24) is 5.32 Å². The van der Waals surface area contributed by atoms with Crippen molar-refractivity contribution in [2.24, 2.45) is 5.73 Å². The topological polar surface area (TPSA) is 75.3 Å². The highest BCUT2D eigenvalue weighted by molar-refractivity contribution is 5.73. The van der Waals surface area contributed by atoms with Crippen molar-refractivity contribution < 1.29 is 9.90 Å². The lowest BCUT2D eigenvalue weighted by Gasteiger charge is -2.08. The summed E-state index contributed by atoms with van der Waals surface area (Å²) in [4.78, 5) is 10.4. The predicted molar refractivity (Wildman–Crippen MR) is 58.5 cm³/mol. The summed E-state index contributed by atoms with van der Waals surface area (Å²) in [6.07, 6.45) is 0. The van der Waals surface area contributed by atoms with Gasteiger partial charge in [-0.25, -0.2) is 0 Å². The van der Waals surface area contributed by atoms with Crippen LogP contribution < -0.4 is 11.1 Å². The van der Waals surface area contributed by atoms with Crippen LogP contribution in [0.4, 0.5) is 0 Å². The molecule has 0 bridgehead atoms. The van der Waals surface area contributed by atoms with Crippen LogP contribution in [0, 0.1) is 6.92 Å². The minimum Gasteiger partial charge on any atom is -0.480 e. The van der Waals surface area contributed by atoms with Gasteiger partial charge in [-0.15, -0.1) is 0 Å². The van der Waals surface area contributed by atoms with E-state index in [1.807, 2.05) is 31.2 Å². The maximum atomic E-state index is 10.4. The molecule has 1 unspecified atom stereocenters. The van der Waals surface area contributed by atoms with Gasteiger partial charge in [-0.05, 0) is 12.5 Å². The number of benzene rings is 1. The average molecular weight is 208 g/mol. The summed E-state index contributed by atoms with van der Waals surface area (Å²) in [6, 6.07) is 7.22. The van der Waals surface area contributed by atoms with Crippen LogP contribution >= 0.6 is 0 Å². The Morgan fingerprint density at radius 2 is 2.07 bits per heavy atom. The quantitative estimate of drug-likeness (QED) is 0.658. The predicted octanol–water partition coefficient (Wildman–Crippen LogP) is 0.497. The van der Waals surface area contributed by atoms with Gasteiger partial charge in [-0.1, -0.05) is 29.8 Å². The van der Waals surface area contributed by atoms with E-state index in [0.29, 0.717) is 6.54 Å².